The molecule has 0 radical (unpaired) electrons. The maximum absolute atomic E-state index is 12.9. The first-order chi connectivity index (χ1) is 10.9. The van der Waals surface area contributed by atoms with Gasteiger partial charge in [0.25, 0.3) is 0 Å². The lowest BCUT2D eigenvalue weighted by atomic mass is 10.2. The molecule has 0 bridgehead atoms. The minimum absolute atomic E-state index is 0.229. The van der Waals surface area contributed by atoms with Gasteiger partial charge in [0.15, 0.2) is 0 Å². The Morgan fingerprint density at radius 1 is 1.13 bits per heavy atom. The number of hydrogen-bond donors (Lipinski definition) is 0. The van der Waals surface area contributed by atoms with Crippen LogP contribution < -0.4 is 0 Å². The molecule has 0 atom stereocenters. The summed E-state index contributed by atoms with van der Waals surface area (Å²) < 4.78 is 40.9. The summed E-state index contributed by atoms with van der Waals surface area (Å²) in [5.74, 6) is -0.249. The normalized spacial score (nSPS) is 17.5. The van der Waals surface area contributed by atoms with Gasteiger partial charge in [-0.05, 0) is 17.7 Å². The Labute approximate surface area is 135 Å². The molecule has 2 aromatic rings. The Morgan fingerprint density at radius 2 is 1.78 bits per heavy atom. The van der Waals surface area contributed by atoms with Crippen LogP contribution in [0, 0.1) is 5.82 Å². The third kappa shape index (κ3) is 3.60. The average molecular weight is 338 g/mol. The molecule has 1 aliphatic heterocycles. The van der Waals surface area contributed by atoms with Gasteiger partial charge < -0.3 is 0 Å². The molecule has 6 nitrogen and oxygen atoms in total. The van der Waals surface area contributed by atoms with Crippen LogP contribution in [-0.4, -0.2) is 53.6 Å². The third-order valence-corrected chi connectivity index (χ3v) is 5.82. The van der Waals surface area contributed by atoms with Gasteiger partial charge in [-0.15, -0.1) is 0 Å². The Bertz CT molecular complexity index is 765. The summed E-state index contributed by atoms with van der Waals surface area (Å²) >= 11 is 0. The van der Waals surface area contributed by atoms with E-state index in [0.717, 1.165) is 5.56 Å². The molecule has 1 aromatic heterocycles. The maximum Gasteiger partial charge on any atom is 0.246 e. The number of rotatable bonds is 4. The predicted octanol–water partition coefficient (Wildman–Crippen LogP) is 1.07. The fourth-order valence-electron chi connectivity index (χ4n) is 2.66. The van der Waals surface area contributed by atoms with Crippen LogP contribution in [0.3, 0.4) is 0 Å². The van der Waals surface area contributed by atoms with Gasteiger partial charge in [0.05, 0.1) is 6.20 Å². The van der Waals surface area contributed by atoms with Crippen molar-refractivity contribution in [2.75, 3.05) is 26.2 Å². The lowest BCUT2D eigenvalue weighted by Gasteiger charge is -2.33. The van der Waals surface area contributed by atoms with Gasteiger partial charge in [0.1, 0.15) is 10.7 Å². The van der Waals surface area contributed by atoms with Gasteiger partial charge in [0.2, 0.25) is 10.0 Å². The van der Waals surface area contributed by atoms with Crippen LogP contribution >= 0.6 is 0 Å². The highest BCUT2D eigenvalue weighted by molar-refractivity contribution is 7.89. The molecule has 0 unspecified atom stereocenters. The smallest absolute Gasteiger partial charge is 0.246 e. The van der Waals surface area contributed by atoms with E-state index in [1.807, 2.05) is 0 Å². The minimum Gasteiger partial charge on any atom is -0.296 e. The highest BCUT2D eigenvalue weighted by Gasteiger charge is 2.29. The number of hydrogen-bond acceptors (Lipinski definition) is 4. The van der Waals surface area contributed by atoms with E-state index < -0.39 is 10.0 Å². The molecule has 1 saturated heterocycles. The number of benzene rings is 1. The van der Waals surface area contributed by atoms with Crippen LogP contribution in [0.4, 0.5) is 4.39 Å². The monoisotopic (exact) mass is 338 g/mol. The predicted molar refractivity (Wildman–Crippen MR) is 83.6 cm³/mol. The molecule has 1 aromatic carbocycles. The molecule has 0 spiro atoms. The van der Waals surface area contributed by atoms with E-state index in [1.165, 1.54) is 33.5 Å². The molecule has 1 fully saturated rings. The zero-order valence-electron chi connectivity index (χ0n) is 12.9. The zero-order valence-corrected chi connectivity index (χ0v) is 13.7. The average Bonchev–Trinajstić information content (AvgIpc) is 2.98. The van der Waals surface area contributed by atoms with E-state index >= 15 is 0 Å². The van der Waals surface area contributed by atoms with Crippen molar-refractivity contribution < 1.29 is 12.8 Å². The SMILES string of the molecule is Cn1cc(S(=O)(=O)N2CCN(Cc3ccc(F)cc3)CC2)cn1. The number of aromatic nitrogens is 2. The summed E-state index contributed by atoms with van der Waals surface area (Å²) in [6.07, 6.45) is 2.89. The van der Waals surface area contributed by atoms with Gasteiger partial charge in [0, 0.05) is 46.0 Å². The van der Waals surface area contributed by atoms with Crippen LogP contribution in [0.15, 0.2) is 41.6 Å². The molecule has 0 amide bonds. The Kier molecular flexibility index (Phi) is 4.47. The van der Waals surface area contributed by atoms with Crippen molar-refractivity contribution in [3.63, 3.8) is 0 Å². The Morgan fingerprint density at radius 3 is 2.35 bits per heavy atom. The van der Waals surface area contributed by atoms with Crippen molar-refractivity contribution in [1.29, 1.82) is 0 Å². The van der Waals surface area contributed by atoms with E-state index in [2.05, 4.69) is 10.00 Å². The second kappa shape index (κ2) is 6.38. The van der Waals surface area contributed by atoms with Crippen molar-refractivity contribution in [1.82, 2.24) is 19.0 Å². The fraction of sp³-hybridized carbons (Fsp3) is 0.400. The van der Waals surface area contributed by atoms with Crippen LogP contribution in [0.5, 0.6) is 0 Å². The van der Waals surface area contributed by atoms with Crippen molar-refractivity contribution >= 4 is 10.0 Å². The largest absolute Gasteiger partial charge is 0.296 e. The second-order valence-corrected chi connectivity index (χ2v) is 7.59. The van der Waals surface area contributed by atoms with Crippen LogP contribution in [0.25, 0.3) is 0 Å². The van der Waals surface area contributed by atoms with E-state index in [-0.39, 0.29) is 10.7 Å². The summed E-state index contributed by atoms with van der Waals surface area (Å²) in [6, 6.07) is 6.40. The highest BCUT2D eigenvalue weighted by Crippen LogP contribution is 2.17. The first-order valence-electron chi connectivity index (χ1n) is 7.41. The quantitative estimate of drug-likeness (QED) is 0.837. The summed E-state index contributed by atoms with van der Waals surface area (Å²) in [5, 5.41) is 3.93. The molecule has 23 heavy (non-hydrogen) atoms. The molecule has 0 N–H and O–H groups in total. The maximum atomic E-state index is 12.9. The summed E-state index contributed by atoms with van der Waals surface area (Å²) in [5.41, 5.74) is 1.02. The van der Waals surface area contributed by atoms with Gasteiger partial charge in [-0.2, -0.15) is 9.40 Å². The molecule has 8 heteroatoms. The minimum atomic E-state index is -3.47. The Balaban J connectivity index is 1.61. The van der Waals surface area contributed by atoms with Crippen molar-refractivity contribution in [2.45, 2.75) is 11.4 Å². The first-order valence-corrected chi connectivity index (χ1v) is 8.85. The zero-order chi connectivity index (χ0) is 16.4. The van der Waals surface area contributed by atoms with E-state index in [9.17, 15) is 12.8 Å². The van der Waals surface area contributed by atoms with E-state index in [1.54, 1.807) is 19.2 Å². The van der Waals surface area contributed by atoms with Crippen molar-refractivity contribution in [3.05, 3.63) is 48.0 Å². The molecule has 1 aliphatic rings. The number of sulfonamides is 1. The molecule has 3 rings (SSSR count). The molecule has 2 heterocycles. The van der Waals surface area contributed by atoms with Crippen molar-refractivity contribution in [3.8, 4) is 0 Å². The van der Waals surface area contributed by atoms with Gasteiger partial charge in [-0.1, -0.05) is 12.1 Å². The second-order valence-electron chi connectivity index (χ2n) is 5.66. The Hall–Kier alpha value is -1.77. The lowest BCUT2D eigenvalue weighted by Crippen LogP contribution is -2.48. The topological polar surface area (TPSA) is 58.4 Å². The third-order valence-electron chi connectivity index (χ3n) is 3.97. The van der Waals surface area contributed by atoms with E-state index in [0.29, 0.717) is 32.7 Å². The molecule has 124 valence electrons. The van der Waals surface area contributed by atoms with Crippen LogP contribution in [-0.2, 0) is 23.6 Å². The molecular weight excluding hydrogens is 319 g/mol. The number of nitrogens with zero attached hydrogens (tertiary/aromatic N) is 4. The molecule has 0 aliphatic carbocycles. The van der Waals surface area contributed by atoms with Crippen LogP contribution in [0.1, 0.15) is 5.56 Å². The summed E-state index contributed by atoms with van der Waals surface area (Å²) in [7, 11) is -1.78. The number of aryl methyl sites for hydroxylation is 1. The van der Waals surface area contributed by atoms with Gasteiger partial charge >= 0.3 is 0 Å². The molecular formula is C15H19FN4O2S. The van der Waals surface area contributed by atoms with Gasteiger partial charge in [-0.25, -0.2) is 12.8 Å². The van der Waals surface area contributed by atoms with Crippen LogP contribution in [0.2, 0.25) is 0 Å². The van der Waals surface area contributed by atoms with Crippen molar-refractivity contribution in [2.24, 2.45) is 7.05 Å². The van der Waals surface area contributed by atoms with Gasteiger partial charge in [-0.3, -0.25) is 9.58 Å². The standard InChI is InChI=1S/C15H19FN4O2S/c1-18-12-15(10-17-18)23(21,22)20-8-6-19(7-9-20)11-13-2-4-14(16)5-3-13/h2-5,10,12H,6-9,11H2,1H3. The number of piperazine rings is 1. The first kappa shape index (κ1) is 16.1. The lowest BCUT2D eigenvalue weighted by molar-refractivity contribution is 0.181. The summed E-state index contributed by atoms with van der Waals surface area (Å²) in [4.78, 5) is 2.40. The summed E-state index contributed by atoms with van der Waals surface area (Å²) in [6.45, 7) is 2.88. The molecule has 0 saturated carbocycles. The highest BCUT2D eigenvalue weighted by atomic mass is 32.2. The van der Waals surface area contributed by atoms with E-state index in [4.69, 9.17) is 0 Å². The number of halogens is 1. The fourth-order valence-corrected chi connectivity index (χ4v) is 4.07.